The lowest BCUT2D eigenvalue weighted by atomic mass is 10.1. The predicted molar refractivity (Wildman–Crippen MR) is 111 cm³/mol. The lowest BCUT2D eigenvalue weighted by Gasteiger charge is -2.23. The molecule has 1 fully saturated rings. The average molecular weight is 429 g/mol. The molecule has 8 heteroatoms. The summed E-state index contributed by atoms with van der Waals surface area (Å²) in [6.45, 7) is 1.79. The Hall–Kier alpha value is -1.79. The number of carbonyl (C=O) groups excluding carboxylic acids is 2. The van der Waals surface area contributed by atoms with Gasteiger partial charge in [0.2, 0.25) is 0 Å². The van der Waals surface area contributed by atoms with Crippen molar-refractivity contribution in [2.24, 2.45) is 0 Å². The number of hydrogen-bond donors (Lipinski definition) is 3. The van der Waals surface area contributed by atoms with Crippen LogP contribution in [0.2, 0.25) is 10.0 Å². The summed E-state index contributed by atoms with van der Waals surface area (Å²) in [6.07, 6.45) is 2.04. The first-order chi connectivity index (χ1) is 12.5. The number of halogens is 3. The molecule has 144 valence electrons. The summed E-state index contributed by atoms with van der Waals surface area (Å²) in [7, 11) is 0. The number of carbonyl (C=O) groups is 2. The number of amides is 2. The summed E-state index contributed by atoms with van der Waals surface area (Å²) in [4.78, 5) is 24.6. The van der Waals surface area contributed by atoms with Crippen LogP contribution in [0.15, 0.2) is 42.5 Å². The van der Waals surface area contributed by atoms with E-state index in [1.54, 1.807) is 42.5 Å². The Kier molecular flexibility index (Phi) is 7.92. The molecular formula is C19H20Cl3N3O2. The van der Waals surface area contributed by atoms with Gasteiger partial charge in [0.05, 0.1) is 0 Å². The van der Waals surface area contributed by atoms with Crippen molar-refractivity contribution in [2.45, 2.75) is 18.9 Å². The molecular weight excluding hydrogens is 409 g/mol. The van der Waals surface area contributed by atoms with E-state index in [1.165, 1.54) is 0 Å². The Labute approximate surface area is 174 Å². The Morgan fingerprint density at radius 3 is 2.22 bits per heavy atom. The number of nitrogens with one attached hydrogen (secondary N) is 3. The zero-order chi connectivity index (χ0) is 18.5. The smallest absolute Gasteiger partial charge is 0.255 e. The van der Waals surface area contributed by atoms with Crippen molar-refractivity contribution in [3.63, 3.8) is 0 Å². The highest BCUT2D eigenvalue weighted by molar-refractivity contribution is 6.35. The van der Waals surface area contributed by atoms with Crippen LogP contribution in [-0.4, -0.2) is 30.9 Å². The second-order valence-corrected chi connectivity index (χ2v) is 7.08. The van der Waals surface area contributed by atoms with Crippen molar-refractivity contribution < 1.29 is 9.59 Å². The lowest BCUT2D eigenvalue weighted by molar-refractivity contribution is 0.0930. The fourth-order valence-electron chi connectivity index (χ4n) is 2.84. The van der Waals surface area contributed by atoms with E-state index in [0.29, 0.717) is 26.9 Å². The Balaban J connectivity index is 0.00000261. The maximum absolute atomic E-state index is 12.3. The Morgan fingerprint density at radius 1 is 0.963 bits per heavy atom. The third-order valence-electron chi connectivity index (χ3n) is 4.16. The van der Waals surface area contributed by atoms with Gasteiger partial charge in [0, 0.05) is 39.4 Å². The second-order valence-electron chi connectivity index (χ2n) is 6.21. The molecule has 1 unspecified atom stereocenters. The fraction of sp³-hybridized carbons (Fsp3) is 0.263. The van der Waals surface area contributed by atoms with E-state index < -0.39 is 0 Å². The molecule has 1 aliphatic heterocycles. The summed E-state index contributed by atoms with van der Waals surface area (Å²) in [5.74, 6) is -0.432. The molecule has 0 radical (unpaired) electrons. The van der Waals surface area contributed by atoms with Crippen molar-refractivity contribution in [1.82, 2.24) is 10.6 Å². The molecule has 1 saturated heterocycles. The molecule has 2 aromatic carbocycles. The summed E-state index contributed by atoms with van der Waals surface area (Å²) in [6, 6.07) is 11.6. The van der Waals surface area contributed by atoms with E-state index in [9.17, 15) is 9.59 Å². The highest BCUT2D eigenvalue weighted by Gasteiger charge is 2.16. The maximum Gasteiger partial charge on any atom is 0.255 e. The van der Waals surface area contributed by atoms with Crippen LogP contribution in [-0.2, 0) is 0 Å². The van der Waals surface area contributed by atoms with Crippen LogP contribution in [0, 0.1) is 0 Å². The van der Waals surface area contributed by atoms with E-state index >= 15 is 0 Å². The molecule has 5 nitrogen and oxygen atoms in total. The van der Waals surface area contributed by atoms with Gasteiger partial charge in [0.15, 0.2) is 0 Å². The van der Waals surface area contributed by atoms with Gasteiger partial charge < -0.3 is 16.0 Å². The monoisotopic (exact) mass is 427 g/mol. The molecule has 2 aromatic rings. The molecule has 2 amide bonds. The molecule has 27 heavy (non-hydrogen) atoms. The Bertz CT molecular complexity index is 786. The van der Waals surface area contributed by atoms with Gasteiger partial charge >= 0.3 is 0 Å². The topological polar surface area (TPSA) is 70.2 Å². The molecule has 0 aromatic heterocycles. The van der Waals surface area contributed by atoms with Crippen molar-refractivity contribution in [3.05, 3.63) is 63.6 Å². The molecule has 0 saturated carbocycles. The summed E-state index contributed by atoms with van der Waals surface area (Å²) >= 11 is 11.8. The first-order valence-electron chi connectivity index (χ1n) is 8.40. The van der Waals surface area contributed by atoms with Gasteiger partial charge in [-0.1, -0.05) is 23.2 Å². The van der Waals surface area contributed by atoms with Crippen LogP contribution in [0.25, 0.3) is 0 Å². The van der Waals surface area contributed by atoms with Gasteiger partial charge in [0.1, 0.15) is 0 Å². The Morgan fingerprint density at radius 2 is 1.63 bits per heavy atom. The van der Waals surface area contributed by atoms with Crippen molar-refractivity contribution in [2.75, 3.05) is 18.4 Å². The molecule has 1 heterocycles. The number of hydrogen-bond acceptors (Lipinski definition) is 3. The van der Waals surface area contributed by atoms with E-state index in [2.05, 4.69) is 16.0 Å². The summed E-state index contributed by atoms with van der Waals surface area (Å²) in [5.41, 5.74) is 1.51. The van der Waals surface area contributed by atoms with E-state index in [4.69, 9.17) is 23.2 Å². The van der Waals surface area contributed by atoms with Crippen LogP contribution in [0.3, 0.4) is 0 Å². The SMILES string of the molecule is Cl.O=C(Nc1ccc(C(=O)NC2CCCNC2)cc1)c1cc(Cl)cc(Cl)c1. The second kappa shape index (κ2) is 9.95. The van der Waals surface area contributed by atoms with E-state index in [0.717, 1.165) is 25.9 Å². The molecule has 0 spiro atoms. The third-order valence-corrected chi connectivity index (χ3v) is 4.60. The minimum absolute atomic E-state index is 0. The van der Waals surface area contributed by atoms with E-state index in [1.807, 2.05) is 0 Å². The average Bonchev–Trinajstić information content (AvgIpc) is 2.62. The lowest BCUT2D eigenvalue weighted by Crippen LogP contribution is -2.45. The van der Waals surface area contributed by atoms with Crippen molar-refractivity contribution in [1.29, 1.82) is 0 Å². The highest BCUT2D eigenvalue weighted by atomic mass is 35.5. The fourth-order valence-corrected chi connectivity index (χ4v) is 3.36. The first kappa shape index (κ1) is 21.5. The number of rotatable bonds is 4. The highest BCUT2D eigenvalue weighted by Crippen LogP contribution is 2.20. The van der Waals surface area contributed by atoms with Crippen LogP contribution >= 0.6 is 35.6 Å². The number of piperidine rings is 1. The number of benzene rings is 2. The van der Waals surface area contributed by atoms with Crippen molar-refractivity contribution >= 4 is 53.1 Å². The van der Waals surface area contributed by atoms with Gasteiger partial charge in [-0.05, 0) is 61.9 Å². The minimum atomic E-state index is -0.320. The molecule has 1 aliphatic rings. The molecule has 3 rings (SSSR count). The van der Waals surface area contributed by atoms with Gasteiger partial charge in [-0.25, -0.2) is 0 Å². The zero-order valence-electron chi connectivity index (χ0n) is 14.4. The largest absolute Gasteiger partial charge is 0.348 e. The van der Waals surface area contributed by atoms with Crippen molar-refractivity contribution in [3.8, 4) is 0 Å². The first-order valence-corrected chi connectivity index (χ1v) is 9.16. The normalized spacial score (nSPS) is 16.1. The van der Waals surface area contributed by atoms with Crippen LogP contribution in [0.1, 0.15) is 33.6 Å². The maximum atomic E-state index is 12.3. The molecule has 1 atom stereocenters. The molecule has 0 bridgehead atoms. The third kappa shape index (κ3) is 6.11. The summed E-state index contributed by atoms with van der Waals surface area (Å²) in [5, 5.41) is 9.83. The van der Waals surface area contributed by atoms with Gasteiger partial charge in [0.25, 0.3) is 11.8 Å². The molecule has 3 N–H and O–H groups in total. The van der Waals surface area contributed by atoms with E-state index in [-0.39, 0.29) is 30.3 Å². The van der Waals surface area contributed by atoms with Gasteiger partial charge in [-0.15, -0.1) is 12.4 Å². The van der Waals surface area contributed by atoms with Crippen LogP contribution in [0.4, 0.5) is 5.69 Å². The number of anilines is 1. The predicted octanol–water partition coefficient (Wildman–Crippen LogP) is 4.15. The van der Waals surface area contributed by atoms with Crippen LogP contribution < -0.4 is 16.0 Å². The molecule has 0 aliphatic carbocycles. The zero-order valence-corrected chi connectivity index (χ0v) is 16.8. The standard InChI is InChI=1S/C19H19Cl2N3O2.ClH/c20-14-8-13(9-15(21)10-14)19(26)23-16-5-3-12(4-6-16)18(25)24-17-2-1-7-22-11-17;/h3-6,8-10,17,22H,1-2,7,11H2,(H,23,26)(H,24,25);1H. The quantitative estimate of drug-likeness (QED) is 0.685. The minimum Gasteiger partial charge on any atom is -0.348 e. The summed E-state index contributed by atoms with van der Waals surface area (Å²) < 4.78 is 0. The van der Waals surface area contributed by atoms with Gasteiger partial charge in [-0.2, -0.15) is 0 Å². The van der Waals surface area contributed by atoms with Crippen LogP contribution in [0.5, 0.6) is 0 Å². The van der Waals surface area contributed by atoms with Gasteiger partial charge in [-0.3, -0.25) is 9.59 Å².